The molecule has 2 amide bonds. The molecule has 3 aromatic carbocycles. The van der Waals surface area contributed by atoms with Gasteiger partial charge in [0.05, 0.1) is 4.92 Å². The van der Waals surface area contributed by atoms with Crippen molar-refractivity contribution in [3.63, 3.8) is 0 Å². The van der Waals surface area contributed by atoms with Gasteiger partial charge in [-0.1, -0.05) is 11.3 Å². The summed E-state index contributed by atoms with van der Waals surface area (Å²) in [6.07, 6.45) is 0. The smallest absolute Gasteiger partial charge is 0.269 e. The number of nitro groups is 1. The zero-order valence-corrected chi connectivity index (χ0v) is 19.6. The van der Waals surface area contributed by atoms with Crippen LogP contribution in [-0.2, 0) is 0 Å². The fourth-order valence-corrected chi connectivity index (χ4v) is 3.85. The summed E-state index contributed by atoms with van der Waals surface area (Å²) in [6, 6.07) is 19.6. The topological polar surface area (TPSA) is 130 Å². The monoisotopic (exact) mass is 488 g/mol. The molecule has 0 saturated carbocycles. The van der Waals surface area contributed by atoms with E-state index in [9.17, 15) is 19.7 Å². The van der Waals surface area contributed by atoms with Gasteiger partial charge in [-0.05, 0) is 60.7 Å². The lowest BCUT2D eigenvalue weighted by molar-refractivity contribution is -0.384. The van der Waals surface area contributed by atoms with Crippen molar-refractivity contribution < 1.29 is 14.5 Å². The number of aromatic nitrogens is 2. The Hall–Kier alpha value is -4.64. The molecule has 0 spiro atoms. The molecule has 0 aliphatic carbocycles. The maximum Gasteiger partial charge on any atom is 0.269 e. The summed E-state index contributed by atoms with van der Waals surface area (Å²) < 4.78 is 0. The molecule has 4 rings (SSSR count). The number of carbonyl (C=O) groups is 2. The van der Waals surface area contributed by atoms with Gasteiger partial charge in [0.25, 0.3) is 17.5 Å². The number of carbonyl (C=O) groups excluding carboxylic acids is 2. The molecule has 0 aliphatic heterocycles. The van der Waals surface area contributed by atoms with Crippen LogP contribution in [0.3, 0.4) is 0 Å². The lowest BCUT2D eigenvalue weighted by Crippen LogP contribution is -2.14. The number of nitrogens with one attached hydrogen (secondary N) is 2. The molecule has 0 bridgehead atoms. The minimum atomic E-state index is -0.477. The van der Waals surface area contributed by atoms with Gasteiger partial charge in [-0.2, -0.15) is 0 Å². The van der Waals surface area contributed by atoms with E-state index in [0.29, 0.717) is 32.5 Å². The predicted molar refractivity (Wildman–Crippen MR) is 135 cm³/mol. The first kappa shape index (κ1) is 23.5. The Labute approximate surface area is 204 Å². The highest BCUT2D eigenvalue weighted by Crippen LogP contribution is 2.28. The molecule has 0 aliphatic rings. The number of nitrogens with zero attached hydrogens (tertiary/aromatic N) is 4. The molecule has 4 aromatic rings. The van der Waals surface area contributed by atoms with Gasteiger partial charge in [0.15, 0.2) is 0 Å². The highest BCUT2D eigenvalue weighted by atomic mass is 32.1. The largest absolute Gasteiger partial charge is 0.378 e. The molecule has 1 aromatic heterocycles. The molecule has 0 unspecified atom stereocenters. The Morgan fingerprint density at radius 1 is 0.829 bits per heavy atom. The van der Waals surface area contributed by atoms with Crippen LogP contribution >= 0.6 is 11.3 Å². The van der Waals surface area contributed by atoms with Crippen LogP contribution in [0.5, 0.6) is 0 Å². The highest BCUT2D eigenvalue weighted by molar-refractivity contribution is 7.18. The van der Waals surface area contributed by atoms with Gasteiger partial charge in [-0.3, -0.25) is 25.0 Å². The molecule has 11 heteroatoms. The fourth-order valence-electron chi connectivity index (χ4n) is 3.10. The van der Waals surface area contributed by atoms with E-state index in [1.165, 1.54) is 12.1 Å². The van der Waals surface area contributed by atoms with E-state index in [2.05, 4.69) is 20.8 Å². The molecule has 0 radical (unpaired) electrons. The number of benzene rings is 3. The van der Waals surface area contributed by atoms with Crippen molar-refractivity contribution in [3.05, 3.63) is 94.0 Å². The van der Waals surface area contributed by atoms with Crippen molar-refractivity contribution >= 4 is 45.3 Å². The van der Waals surface area contributed by atoms with Gasteiger partial charge in [0.2, 0.25) is 5.13 Å². The Morgan fingerprint density at radius 3 is 1.97 bits per heavy atom. The van der Waals surface area contributed by atoms with Crippen LogP contribution in [0.4, 0.5) is 22.2 Å². The van der Waals surface area contributed by atoms with E-state index in [-0.39, 0.29) is 17.5 Å². The van der Waals surface area contributed by atoms with Gasteiger partial charge in [-0.15, -0.1) is 10.2 Å². The number of anilines is 3. The second kappa shape index (κ2) is 10.1. The molecule has 10 nitrogen and oxygen atoms in total. The Kier molecular flexibility index (Phi) is 6.78. The maximum absolute atomic E-state index is 12.6. The van der Waals surface area contributed by atoms with Crippen molar-refractivity contribution in [2.24, 2.45) is 0 Å². The van der Waals surface area contributed by atoms with Crippen LogP contribution in [-0.4, -0.2) is 41.0 Å². The number of nitro benzene ring substituents is 1. The summed E-state index contributed by atoms with van der Waals surface area (Å²) in [5.41, 5.74) is 3.09. The Balaban J connectivity index is 1.37. The molecular weight excluding hydrogens is 468 g/mol. The van der Waals surface area contributed by atoms with E-state index in [4.69, 9.17) is 0 Å². The molecule has 1 heterocycles. The summed E-state index contributed by atoms with van der Waals surface area (Å²) in [5.74, 6) is -0.631. The van der Waals surface area contributed by atoms with E-state index >= 15 is 0 Å². The number of amides is 2. The maximum atomic E-state index is 12.6. The standard InChI is InChI=1S/C24H20N6O4S/c1-29(2)19-11-5-16(6-12-19)21(31)25-18-9-3-15(4-10-18)22(32)26-24-28-27-23(35-24)17-7-13-20(14-8-17)30(33)34/h3-14H,1-2H3,(H,25,31)(H,26,28,32). The molecule has 2 N–H and O–H groups in total. The summed E-state index contributed by atoms with van der Waals surface area (Å²) in [6.45, 7) is 0. The first-order valence-electron chi connectivity index (χ1n) is 10.4. The summed E-state index contributed by atoms with van der Waals surface area (Å²) in [5, 5.41) is 25.1. The van der Waals surface area contributed by atoms with Crippen molar-refractivity contribution in [3.8, 4) is 10.6 Å². The van der Waals surface area contributed by atoms with Gasteiger partial charge in [0, 0.05) is 54.3 Å². The second-order valence-electron chi connectivity index (χ2n) is 7.64. The lowest BCUT2D eigenvalue weighted by Gasteiger charge is -2.12. The van der Waals surface area contributed by atoms with Crippen LogP contribution in [0.25, 0.3) is 10.6 Å². The first-order chi connectivity index (χ1) is 16.8. The van der Waals surface area contributed by atoms with Crippen LogP contribution < -0.4 is 15.5 Å². The molecule has 35 heavy (non-hydrogen) atoms. The lowest BCUT2D eigenvalue weighted by atomic mass is 10.1. The Bertz CT molecular complexity index is 1370. The highest BCUT2D eigenvalue weighted by Gasteiger charge is 2.13. The average Bonchev–Trinajstić information content (AvgIpc) is 3.33. The number of hydrogen-bond acceptors (Lipinski definition) is 8. The number of hydrogen-bond donors (Lipinski definition) is 2. The van der Waals surface area contributed by atoms with Crippen molar-refractivity contribution in [1.82, 2.24) is 10.2 Å². The molecule has 0 atom stereocenters. The minimum absolute atomic E-state index is 0.0198. The van der Waals surface area contributed by atoms with Gasteiger partial charge < -0.3 is 10.2 Å². The van der Waals surface area contributed by atoms with Crippen LogP contribution in [0.1, 0.15) is 20.7 Å². The van der Waals surface area contributed by atoms with Gasteiger partial charge in [-0.25, -0.2) is 0 Å². The number of rotatable bonds is 7. The van der Waals surface area contributed by atoms with E-state index in [1.807, 2.05) is 31.1 Å². The molecular formula is C24H20N6O4S. The zero-order chi connectivity index (χ0) is 24.9. The summed E-state index contributed by atoms with van der Waals surface area (Å²) >= 11 is 1.15. The van der Waals surface area contributed by atoms with Crippen molar-refractivity contribution in [1.29, 1.82) is 0 Å². The van der Waals surface area contributed by atoms with Crippen LogP contribution in [0.2, 0.25) is 0 Å². The first-order valence-corrected chi connectivity index (χ1v) is 11.2. The number of non-ortho nitro benzene ring substituents is 1. The molecule has 0 fully saturated rings. The average molecular weight is 489 g/mol. The third-order valence-electron chi connectivity index (χ3n) is 5.02. The zero-order valence-electron chi connectivity index (χ0n) is 18.8. The van der Waals surface area contributed by atoms with Crippen molar-refractivity contribution in [2.45, 2.75) is 0 Å². The van der Waals surface area contributed by atoms with E-state index < -0.39 is 4.92 Å². The van der Waals surface area contributed by atoms with E-state index in [1.54, 1.807) is 48.5 Å². The third kappa shape index (κ3) is 5.65. The van der Waals surface area contributed by atoms with Gasteiger partial charge >= 0.3 is 0 Å². The molecule has 0 saturated heterocycles. The SMILES string of the molecule is CN(C)c1ccc(C(=O)Nc2ccc(C(=O)Nc3nnc(-c4ccc([N+](=O)[O-])cc4)s3)cc2)cc1. The summed E-state index contributed by atoms with van der Waals surface area (Å²) in [4.78, 5) is 37.3. The quantitative estimate of drug-likeness (QED) is 0.285. The summed E-state index contributed by atoms with van der Waals surface area (Å²) in [7, 11) is 3.85. The fraction of sp³-hybridized carbons (Fsp3) is 0.0833. The second-order valence-corrected chi connectivity index (χ2v) is 8.62. The Morgan fingerprint density at radius 2 is 1.40 bits per heavy atom. The van der Waals surface area contributed by atoms with Crippen LogP contribution in [0.15, 0.2) is 72.8 Å². The normalized spacial score (nSPS) is 10.5. The predicted octanol–water partition coefficient (Wildman–Crippen LogP) is 4.68. The van der Waals surface area contributed by atoms with Crippen LogP contribution in [0, 0.1) is 10.1 Å². The minimum Gasteiger partial charge on any atom is -0.378 e. The third-order valence-corrected chi connectivity index (χ3v) is 5.91. The van der Waals surface area contributed by atoms with Gasteiger partial charge in [0.1, 0.15) is 5.01 Å². The molecule has 176 valence electrons. The van der Waals surface area contributed by atoms with Crippen molar-refractivity contribution in [2.75, 3.05) is 29.6 Å². The van der Waals surface area contributed by atoms with E-state index in [0.717, 1.165) is 17.0 Å².